The maximum absolute atomic E-state index is 14.8. The maximum Gasteiger partial charge on any atom is 0.162 e. The summed E-state index contributed by atoms with van der Waals surface area (Å²) in [6.07, 6.45) is 17.5. The van der Waals surface area contributed by atoms with Crippen LogP contribution in [0.4, 0.5) is 4.39 Å². The SMILES string of the molecule is CCCCCCCCCCOc1cc(-c2ncccn2)c(F)cc1CCCCCC(C)O. The molecule has 0 amide bonds. The highest BCUT2D eigenvalue weighted by atomic mass is 19.1. The van der Waals surface area contributed by atoms with Crippen LogP contribution in [0.15, 0.2) is 30.6 Å². The zero-order valence-electron chi connectivity index (χ0n) is 20.0. The second-order valence-corrected chi connectivity index (χ2v) is 8.78. The maximum atomic E-state index is 14.8. The number of rotatable bonds is 17. The zero-order valence-corrected chi connectivity index (χ0v) is 20.0. The van der Waals surface area contributed by atoms with Crippen LogP contribution in [-0.4, -0.2) is 27.8 Å². The average molecular weight is 445 g/mol. The fourth-order valence-electron chi connectivity index (χ4n) is 3.88. The highest BCUT2D eigenvalue weighted by molar-refractivity contribution is 5.60. The number of unbranched alkanes of at least 4 members (excludes halogenated alkanes) is 9. The molecule has 0 saturated carbocycles. The number of halogens is 1. The van der Waals surface area contributed by atoms with Crippen LogP contribution in [0.25, 0.3) is 11.4 Å². The number of aryl methyl sites for hydroxylation is 1. The number of ether oxygens (including phenoxy) is 1. The van der Waals surface area contributed by atoms with E-state index in [0.717, 1.165) is 56.3 Å². The molecule has 1 unspecified atom stereocenters. The molecule has 32 heavy (non-hydrogen) atoms. The van der Waals surface area contributed by atoms with Crippen molar-refractivity contribution in [3.8, 4) is 17.1 Å². The van der Waals surface area contributed by atoms with E-state index in [0.29, 0.717) is 18.0 Å². The van der Waals surface area contributed by atoms with Gasteiger partial charge in [-0.1, -0.05) is 64.7 Å². The molecule has 0 saturated heterocycles. The van der Waals surface area contributed by atoms with Gasteiger partial charge in [-0.3, -0.25) is 0 Å². The Morgan fingerprint density at radius 3 is 2.25 bits per heavy atom. The standard InChI is InChI=1S/C27H41FN2O2/c1-3-4-5-6-7-8-9-13-19-32-26-21-24(27-29-17-14-18-30-27)25(28)20-23(26)16-12-10-11-15-22(2)31/h14,17-18,20-22,31H,3-13,15-16,19H2,1-2H3. The van der Waals surface area contributed by atoms with Gasteiger partial charge in [-0.25, -0.2) is 14.4 Å². The van der Waals surface area contributed by atoms with E-state index in [4.69, 9.17) is 4.74 Å². The van der Waals surface area contributed by atoms with Gasteiger partial charge in [0.25, 0.3) is 0 Å². The van der Waals surface area contributed by atoms with E-state index in [1.165, 1.54) is 38.5 Å². The first kappa shape index (κ1) is 26.2. The molecule has 5 heteroatoms. The monoisotopic (exact) mass is 444 g/mol. The minimum Gasteiger partial charge on any atom is -0.493 e. The zero-order chi connectivity index (χ0) is 23.0. The molecule has 1 atom stereocenters. The molecule has 4 nitrogen and oxygen atoms in total. The van der Waals surface area contributed by atoms with Gasteiger partial charge in [0, 0.05) is 12.4 Å². The highest BCUT2D eigenvalue weighted by Gasteiger charge is 2.14. The lowest BCUT2D eigenvalue weighted by atomic mass is 10.0. The molecule has 1 aromatic heterocycles. The van der Waals surface area contributed by atoms with Crippen molar-refractivity contribution < 1.29 is 14.2 Å². The first-order valence-corrected chi connectivity index (χ1v) is 12.5. The summed E-state index contributed by atoms with van der Waals surface area (Å²) in [7, 11) is 0. The number of aromatic nitrogens is 2. The fourth-order valence-corrected chi connectivity index (χ4v) is 3.88. The number of hydrogen-bond acceptors (Lipinski definition) is 4. The predicted octanol–water partition coefficient (Wildman–Crippen LogP) is 7.29. The summed E-state index contributed by atoms with van der Waals surface area (Å²) in [6, 6.07) is 5.08. The largest absolute Gasteiger partial charge is 0.493 e. The number of aliphatic hydroxyl groups excluding tert-OH is 1. The Balaban J connectivity index is 1.93. The number of hydrogen-bond donors (Lipinski definition) is 1. The van der Waals surface area contributed by atoms with Crippen LogP contribution < -0.4 is 4.74 Å². The Morgan fingerprint density at radius 1 is 0.906 bits per heavy atom. The van der Waals surface area contributed by atoms with E-state index in [-0.39, 0.29) is 11.9 Å². The third kappa shape index (κ3) is 10.1. The molecule has 0 fully saturated rings. The van der Waals surface area contributed by atoms with Crippen molar-refractivity contribution in [2.24, 2.45) is 0 Å². The van der Waals surface area contributed by atoms with Gasteiger partial charge in [-0.15, -0.1) is 0 Å². The first-order chi connectivity index (χ1) is 15.6. The molecule has 1 aromatic carbocycles. The van der Waals surface area contributed by atoms with Crippen molar-refractivity contribution in [3.63, 3.8) is 0 Å². The Hall–Kier alpha value is -2.01. The molecule has 2 aromatic rings. The molecule has 0 radical (unpaired) electrons. The summed E-state index contributed by atoms with van der Waals surface area (Å²) in [5, 5.41) is 9.42. The topological polar surface area (TPSA) is 55.2 Å². The van der Waals surface area contributed by atoms with Crippen molar-refractivity contribution in [1.82, 2.24) is 9.97 Å². The lowest BCUT2D eigenvalue weighted by molar-refractivity contribution is 0.180. The summed E-state index contributed by atoms with van der Waals surface area (Å²) in [5.41, 5.74) is 1.29. The van der Waals surface area contributed by atoms with E-state index in [1.807, 2.05) is 6.92 Å². The molecule has 0 aliphatic heterocycles. The van der Waals surface area contributed by atoms with Gasteiger partial charge in [0.2, 0.25) is 0 Å². The predicted molar refractivity (Wildman–Crippen MR) is 129 cm³/mol. The van der Waals surface area contributed by atoms with Crippen LogP contribution in [0.5, 0.6) is 5.75 Å². The van der Waals surface area contributed by atoms with E-state index in [9.17, 15) is 9.50 Å². The minimum atomic E-state index is -0.311. The van der Waals surface area contributed by atoms with E-state index in [1.54, 1.807) is 30.6 Å². The third-order valence-corrected chi connectivity index (χ3v) is 5.78. The lowest BCUT2D eigenvalue weighted by Gasteiger charge is -2.14. The average Bonchev–Trinajstić information content (AvgIpc) is 2.79. The summed E-state index contributed by atoms with van der Waals surface area (Å²) < 4.78 is 21.0. The quantitative estimate of drug-likeness (QED) is 0.260. The molecule has 1 heterocycles. The van der Waals surface area contributed by atoms with Gasteiger partial charge in [-0.2, -0.15) is 0 Å². The molecule has 178 valence electrons. The highest BCUT2D eigenvalue weighted by Crippen LogP contribution is 2.30. The van der Waals surface area contributed by atoms with E-state index < -0.39 is 0 Å². The van der Waals surface area contributed by atoms with Crippen LogP contribution in [0.1, 0.15) is 96.5 Å². The molecule has 0 bridgehead atoms. The fraction of sp³-hybridized carbons (Fsp3) is 0.630. The summed E-state index contributed by atoms with van der Waals surface area (Å²) >= 11 is 0. The van der Waals surface area contributed by atoms with Crippen LogP contribution in [-0.2, 0) is 6.42 Å². The van der Waals surface area contributed by atoms with Gasteiger partial charge in [-0.05, 0) is 56.4 Å². The van der Waals surface area contributed by atoms with Crippen molar-refractivity contribution in [2.45, 2.75) is 103 Å². The number of aliphatic hydroxyl groups is 1. The van der Waals surface area contributed by atoms with Crippen LogP contribution in [0.2, 0.25) is 0 Å². The van der Waals surface area contributed by atoms with Crippen molar-refractivity contribution >= 4 is 0 Å². The van der Waals surface area contributed by atoms with Crippen molar-refractivity contribution in [2.75, 3.05) is 6.61 Å². The first-order valence-electron chi connectivity index (χ1n) is 12.5. The Kier molecular flexibility index (Phi) is 12.9. The van der Waals surface area contributed by atoms with Crippen LogP contribution in [0, 0.1) is 5.82 Å². The Bertz CT molecular complexity index is 753. The van der Waals surface area contributed by atoms with Crippen LogP contribution in [0.3, 0.4) is 0 Å². The van der Waals surface area contributed by atoms with Crippen molar-refractivity contribution in [1.29, 1.82) is 0 Å². The molecular formula is C27H41FN2O2. The second kappa shape index (κ2) is 15.7. The van der Waals surface area contributed by atoms with Crippen LogP contribution >= 0.6 is 0 Å². The molecule has 2 rings (SSSR count). The minimum absolute atomic E-state index is 0.261. The van der Waals surface area contributed by atoms with Gasteiger partial charge < -0.3 is 9.84 Å². The molecule has 1 N–H and O–H groups in total. The summed E-state index contributed by atoms with van der Waals surface area (Å²) in [5.74, 6) is 0.812. The van der Waals surface area contributed by atoms with Gasteiger partial charge in [0.1, 0.15) is 11.6 Å². The van der Waals surface area contributed by atoms with Gasteiger partial charge in [0.05, 0.1) is 18.3 Å². The lowest BCUT2D eigenvalue weighted by Crippen LogP contribution is -2.03. The summed E-state index contributed by atoms with van der Waals surface area (Å²) in [4.78, 5) is 8.41. The smallest absolute Gasteiger partial charge is 0.162 e. The van der Waals surface area contributed by atoms with Gasteiger partial charge in [0.15, 0.2) is 5.82 Å². The van der Waals surface area contributed by atoms with E-state index in [2.05, 4.69) is 16.9 Å². The van der Waals surface area contributed by atoms with E-state index >= 15 is 0 Å². The summed E-state index contributed by atoms with van der Waals surface area (Å²) in [6.45, 7) is 4.70. The molecule has 0 aliphatic rings. The molecular weight excluding hydrogens is 403 g/mol. The number of benzene rings is 1. The molecule has 0 aliphatic carbocycles. The Morgan fingerprint density at radius 2 is 1.56 bits per heavy atom. The van der Waals surface area contributed by atoms with Crippen molar-refractivity contribution in [3.05, 3.63) is 42.0 Å². The Labute approximate surface area is 193 Å². The second-order valence-electron chi connectivity index (χ2n) is 8.78. The van der Waals surface area contributed by atoms with Gasteiger partial charge >= 0.3 is 0 Å². The number of nitrogens with zero attached hydrogens (tertiary/aromatic N) is 2. The normalized spacial score (nSPS) is 12.1. The molecule has 0 spiro atoms. The third-order valence-electron chi connectivity index (χ3n) is 5.78.